The van der Waals surface area contributed by atoms with Gasteiger partial charge in [-0.2, -0.15) is 0 Å². The van der Waals surface area contributed by atoms with Crippen LogP contribution in [0, 0.1) is 0 Å². The van der Waals surface area contributed by atoms with Crippen molar-refractivity contribution in [3.8, 4) is 0 Å². The summed E-state index contributed by atoms with van der Waals surface area (Å²) in [5.74, 6) is 2.52. The monoisotopic (exact) mass is 178 g/mol. The Bertz CT molecular complexity index is 116. The summed E-state index contributed by atoms with van der Waals surface area (Å²) in [6.07, 6.45) is 8.09. The Kier molecular flexibility index (Phi) is 4.56. The van der Waals surface area contributed by atoms with Crippen molar-refractivity contribution in [1.82, 2.24) is 0 Å². The molecule has 0 aromatic heterocycles. The molecule has 0 amide bonds. The maximum Gasteiger partial charge on any atom is 0.0671 e. The summed E-state index contributed by atoms with van der Waals surface area (Å²) in [6, 6.07) is 0. The van der Waals surface area contributed by atoms with Crippen LogP contribution < -0.4 is 12.4 Å². The van der Waals surface area contributed by atoms with E-state index in [4.69, 9.17) is 0 Å². The maximum atomic E-state index is 2.52. The highest BCUT2D eigenvalue weighted by Gasteiger charge is 2.32. The summed E-state index contributed by atoms with van der Waals surface area (Å²) in [7, 11) is -0.489. The molecule has 1 rings (SSSR count). The van der Waals surface area contributed by atoms with E-state index in [9.17, 15) is 0 Å². The summed E-state index contributed by atoms with van der Waals surface area (Å²) in [4.78, 5) is 0. The molecule has 0 unspecified atom stereocenters. The van der Waals surface area contributed by atoms with Crippen LogP contribution >= 0.6 is 7.26 Å². The number of halogens is 1. The molecular formula is C8H16ClP. The van der Waals surface area contributed by atoms with Crippen LogP contribution in [0.5, 0.6) is 0 Å². The van der Waals surface area contributed by atoms with Crippen molar-refractivity contribution in [3.05, 3.63) is 11.9 Å². The molecule has 0 saturated heterocycles. The van der Waals surface area contributed by atoms with E-state index in [0.717, 1.165) is 0 Å². The van der Waals surface area contributed by atoms with Crippen molar-refractivity contribution >= 4 is 7.26 Å². The molecule has 2 heteroatoms. The maximum absolute atomic E-state index is 2.52. The standard InChI is InChI=1S/C8H16P.ClH/c1-3-9(4-2)7-5-6-8-9;/h5,7H,3-4,6,8H2,1-2H3;1H/q+1;/p-1. The molecule has 0 atom stereocenters. The zero-order valence-electron chi connectivity index (χ0n) is 6.81. The highest BCUT2D eigenvalue weighted by atomic mass is 35.5. The third kappa shape index (κ3) is 1.97. The molecular weight excluding hydrogens is 163 g/mol. The van der Waals surface area contributed by atoms with Crippen LogP contribution in [0.1, 0.15) is 20.3 Å². The topological polar surface area (TPSA) is 0 Å². The molecule has 0 bridgehead atoms. The lowest BCUT2D eigenvalue weighted by molar-refractivity contribution is -0.00000203. The first-order valence-corrected chi connectivity index (χ1v) is 6.28. The van der Waals surface area contributed by atoms with Crippen molar-refractivity contribution < 1.29 is 12.4 Å². The molecule has 0 fully saturated rings. The SMILES string of the molecule is CC[P+]1(CC)C=CCC1.[Cl-]. The Morgan fingerprint density at radius 1 is 1.30 bits per heavy atom. The molecule has 0 radical (unpaired) electrons. The molecule has 0 N–H and O–H groups in total. The minimum absolute atomic E-state index is 0. The van der Waals surface area contributed by atoms with Crippen molar-refractivity contribution in [3.63, 3.8) is 0 Å². The van der Waals surface area contributed by atoms with Crippen LogP contribution in [-0.4, -0.2) is 18.5 Å². The van der Waals surface area contributed by atoms with Gasteiger partial charge >= 0.3 is 0 Å². The van der Waals surface area contributed by atoms with E-state index in [2.05, 4.69) is 25.7 Å². The molecule has 0 nitrogen and oxygen atoms in total. The molecule has 1 heterocycles. The molecule has 0 aromatic carbocycles. The van der Waals surface area contributed by atoms with Crippen LogP contribution in [0.25, 0.3) is 0 Å². The van der Waals surface area contributed by atoms with Crippen molar-refractivity contribution in [2.24, 2.45) is 0 Å². The summed E-state index contributed by atoms with van der Waals surface area (Å²) in [5.41, 5.74) is 0. The van der Waals surface area contributed by atoms with Gasteiger partial charge in [0.25, 0.3) is 0 Å². The Labute approximate surface area is 70.8 Å². The van der Waals surface area contributed by atoms with Crippen molar-refractivity contribution in [2.45, 2.75) is 20.3 Å². The third-order valence-corrected chi connectivity index (χ3v) is 6.93. The number of rotatable bonds is 2. The lowest BCUT2D eigenvalue weighted by Gasteiger charge is -2.14. The second kappa shape index (κ2) is 4.36. The predicted molar refractivity (Wildman–Crippen MR) is 46.6 cm³/mol. The second-order valence-electron chi connectivity index (χ2n) is 2.75. The normalized spacial score (nSPS) is 20.6. The van der Waals surface area contributed by atoms with Crippen LogP contribution in [0.2, 0.25) is 0 Å². The van der Waals surface area contributed by atoms with Crippen molar-refractivity contribution in [1.29, 1.82) is 0 Å². The minimum Gasteiger partial charge on any atom is -1.00 e. The summed E-state index contributed by atoms with van der Waals surface area (Å²) in [6.45, 7) is 4.68. The Hall–Kier alpha value is 0.460. The van der Waals surface area contributed by atoms with Crippen LogP contribution in [0.3, 0.4) is 0 Å². The molecule has 10 heavy (non-hydrogen) atoms. The molecule has 1 aliphatic heterocycles. The number of allylic oxidation sites excluding steroid dienone is 1. The molecule has 1 aliphatic rings. The van der Waals surface area contributed by atoms with Gasteiger partial charge in [-0.05, 0) is 19.9 Å². The third-order valence-electron chi connectivity index (χ3n) is 2.42. The Morgan fingerprint density at radius 2 is 1.90 bits per heavy atom. The largest absolute Gasteiger partial charge is 1.00 e. The van der Waals surface area contributed by atoms with Gasteiger partial charge in [-0.1, -0.05) is 0 Å². The first kappa shape index (κ1) is 10.5. The van der Waals surface area contributed by atoms with Gasteiger partial charge in [0.1, 0.15) is 0 Å². The lowest BCUT2D eigenvalue weighted by Crippen LogP contribution is -3.00. The van der Waals surface area contributed by atoms with Crippen LogP contribution in [0.4, 0.5) is 0 Å². The average molecular weight is 179 g/mol. The van der Waals surface area contributed by atoms with E-state index in [1.807, 2.05) is 0 Å². The Balaban J connectivity index is 0.000000810. The van der Waals surface area contributed by atoms with E-state index < -0.39 is 7.26 Å². The highest BCUT2D eigenvalue weighted by molar-refractivity contribution is 7.79. The molecule has 0 saturated carbocycles. The first-order chi connectivity index (χ1) is 4.33. The van der Waals surface area contributed by atoms with E-state index in [0.29, 0.717) is 0 Å². The fourth-order valence-corrected chi connectivity index (χ4v) is 4.36. The first-order valence-electron chi connectivity index (χ1n) is 3.86. The van der Waals surface area contributed by atoms with Gasteiger partial charge in [-0.15, -0.1) is 0 Å². The number of hydrogen-bond acceptors (Lipinski definition) is 0. The van der Waals surface area contributed by atoms with Gasteiger partial charge in [0.15, 0.2) is 0 Å². The van der Waals surface area contributed by atoms with Crippen molar-refractivity contribution in [2.75, 3.05) is 18.5 Å². The average Bonchev–Trinajstić information content (AvgIpc) is 2.36. The number of hydrogen-bond donors (Lipinski definition) is 0. The van der Waals surface area contributed by atoms with Gasteiger partial charge < -0.3 is 12.4 Å². The van der Waals surface area contributed by atoms with E-state index in [1.54, 1.807) is 0 Å². The fraction of sp³-hybridized carbons (Fsp3) is 0.750. The molecule has 0 aromatic rings. The fourth-order valence-electron chi connectivity index (χ4n) is 1.45. The minimum atomic E-state index is -0.489. The van der Waals surface area contributed by atoms with Gasteiger partial charge in [0.2, 0.25) is 0 Å². The Morgan fingerprint density at radius 3 is 2.10 bits per heavy atom. The quantitative estimate of drug-likeness (QED) is 0.521. The second-order valence-corrected chi connectivity index (χ2v) is 7.20. The van der Waals surface area contributed by atoms with Gasteiger partial charge in [-0.3, -0.25) is 0 Å². The summed E-state index contributed by atoms with van der Waals surface area (Å²) in [5, 5.41) is 0. The molecule has 0 aliphatic carbocycles. The van der Waals surface area contributed by atoms with Crippen LogP contribution in [0.15, 0.2) is 11.9 Å². The molecule has 0 spiro atoms. The van der Waals surface area contributed by atoms with Crippen LogP contribution in [-0.2, 0) is 0 Å². The van der Waals surface area contributed by atoms with E-state index in [1.165, 1.54) is 24.9 Å². The van der Waals surface area contributed by atoms with Gasteiger partial charge in [0, 0.05) is 13.7 Å². The summed E-state index contributed by atoms with van der Waals surface area (Å²) >= 11 is 0. The van der Waals surface area contributed by atoms with E-state index >= 15 is 0 Å². The van der Waals surface area contributed by atoms with Gasteiger partial charge in [0.05, 0.1) is 24.3 Å². The predicted octanol–water partition coefficient (Wildman–Crippen LogP) is -0.0348. The molecule has 60 valence electrons. The lowest BCUT2D eigenvalue weighted by atomic mass is 10.5. The highest BCUT2D eigenvalue weighted by Crippen LogP contribution is 2.62. The van der Waals surface area contributed by atoms with E-state index in [-0.39, 0.29) is 12.4 Å². The smallest absolute Gasteiger partial charge is 0.0671 e. The zero-order chi connectivity index (χ0) is 6.74. The van der Waals surface area contributed by atoms with Gasteiger partial charge in [-0.25, -0.2) is 0 Å². The summed E-state index contributed by atoms with van der Waals surface area (Å²) < 4.78 is 0. The zero-order valence-corrected chi connectivity index (χ0v) is 8.46.